The van der Waals surface area contributed by atoms with Gasteiger partial charge >= 0.3 is 0 Å². The van der Waals surface area contributed by atoms with Crippen molar-refractivity contribution < 1.29 is 0 Å². The fraction of sp³-hybridized carbons (Fsp3) is 0.400. The lowest BCUT2D eigenvalue weighted by atomic mass is 9.96. The molecule has 0 radical (unpaired) electrons. The third kappa shape index (κ3) is 2.88. The summed E-state index contributed by atoms with van der Waals surface area (Å²) in [6.07, 6.45) is 4.36. The van der Waals surface area contributed by atoms with Gasteiger partial charge in [0.25, 0.3) is 0 Å². The van der Waals surface area contributed by atoms with Crippen molar-refractivity contribution in [2.24, 2.45) is 0 Å². The lowest BCUT2D eigenvalue weighted by molar-refractivity contribution is 0.375. The smallest absolute Gasteiger partial charge is 0.0965 e. The summed E-state index contributed by atoms with van der Waals surface area (Å²) in [6.45, 7) is 0.890. The van der Waals surface area contributed by atoms with Gasteiger partial charge in [-0.05, 0) is 31.2 Å². The van der Waals surface area contributed by atoms with Crippen LogP contribution >= 0.6 is 0 Å². The molecule has 0 spiro atoms. The highest BCUT2D eigenvalue weighted by Gasteiger charge is 2.15. The number of hydrogen-bond acceptors (Lipinski definition) is 2. The molecule has 1 aromatic rings. The van der Waals surface area contributed by atoms with E-state index in [1.165, 1.54) is 17.7 Å². The van der Waals surface area contributed by atoms with E-state index in [4.69, 9.17) is 5.26 Å². The van der Waals surface area contributed by atoms with E-state index in [0.29, 0.717) is 0 Å². The summed E-state index contributed by atoms with van der Waals surface area (Å²) in [5.41, 5.74) is 3.52. The number of benzene rings is 1. The van der Waals surface area contributed by atoms with Gasteiger partial charge in [0.05, 0.1) is 6.07 Å². The Bertz CT molecular complexity index is 440. The van der Waals surface area contributed by atoms with E-state index in [2.05, 4.69) is 42.3 Å². The fourth-order valence-corrected chi connectivity index (χ4v) is 2.38. The first-order chi connectivity index (χ1) is 8.31. The Morgan fingerprint density at radius 1 is 1.18 bits per heavy atom. The van der Waals surface area contributed by atoms with Crippen molar-refractivity contribution in [3.63, 3.8) is 0 Å². The fourth-order valence-electron chi connectivity index (χ4n) is 2.38. The zero-order chi connectivity index (χ0) is 12.1. The van der Waals surface area contributed by atoms with Crippen molar-refractivity contribution >= 4 is 0 Å². The quantitative estimate of drug-likeness (QED) is 0.789. The van der Waals surface area contributed by atoms with Crippen molar-refractivity contribution in [1.29, 1.82) is 5.26 Å². The normalized spacial score (nSPS) is 15.5. The second-order valence-electron chi connectivity index (χ2n) is 4.59. The van der Waals surface area contributed by atoms with E-state index in [1.807, 2.05) is 6.07 Å². The zero-order valence-corrected chi connectivity index (χ0v) is 10.3. The third-order valence-electron chi connectivity index (χ3n) is 3.30. The molecule has 0 aliphatic heterocycles. The zero-order valence-electron chi connectivity index (χ0n) is 10.3. The van der Waals surface area contributed by atoms with E-state index in [1.54, 1.807) is 0 Å². The minimum atomic E-state index is 0.890. The van der Waals surface area contributed by atoms with Gasteiger partial charge in [0, 0.05) is 24.9 Å². The standard InChI is InChI=1S/C15H18N2/c1-17(12-13-7-3-2-4-8-13)15-10-6-5-9-14(15)11-16/h2-4,7-8H,5-6,9-10,12H2,1H3. The summed E-state index contributed by atoms with van der Waals surface area (Å²) in [6, 6.07) is 12.8. The van der Waals surface area contributed by atoms with Gasteiger partial charge in [-0.25, -0.2) is 0 Å². The van der Waals surface area contributed by atoms with Crippen LogP contribution in [0.4, 0.5) is 0 Å². The molecule has 0 amide bonds. The van der Waals surface area contributed by atoms with Crippen LogP contribution in [-0.4, -0.2) is 11.9 Å². The van der Waals surface area contributed by atoms with E-state index < -0.39 is 0 Å². The van der Waals surface area contributed by atoms with E-state index in [-0.39, 0.29) is 0 Å². The van der Waals surface area contributed by atoms with Crippen LogP contribution in [0, 0.1) is 11.3 Å². The van der Waals surface area contributed by atoms with Gasteiger partial charge in [-0.3, -0.25) is 0 Å². The Kier molecular flexibility index (Phi) is 3.82. The Morgan fingerprint density at radius 2 is 1.88 bits per heavy atom. The number of hydrogen-bond donors (Lipinski definition) is 0. The SMILES string of the molecule is CN(Cc1ccccc1)C1=C(C#N)CCCC1. The van der Waals surface area contributed by atoms with Gasteiger partial charge in [0.15, 0.2) is 0 Å². The average Bonchev–Trinajstić information content (AvgIpc) is 2.40. The molecule has 2 nitrogen and oxygen atoms in total. The largest absolute Gasteiger partial charge is 0.373 e. The van der Waals surface area contributed by atoms with Crippen molar-refractivity contribution in [1.82, 2.24) is 4.90 Å². The summed E-state index contributed by atoms with van der Waals surface area (Å²) < 4.78 is 0. The molecule has 0 heterocycles. The van der Waals surface area contributed by atoms with Crippen LogP contribution in [-0.2, 0) is 6.54 Å². The molecule has 17 heavy (non-hydrogen) atoms. The molecule has 0 saturated carbocycles. The first kappa shape index (κ1) is 11.7. The molecule has 1 aromatic carbocycles. The molecule has 0 saturated heterocycles. The highest BCUT2D eigenvalue weighted by Crippen LogP contribution is 2.27. The summed E-state index contributed by atoms with van der Waals surface area (Å²) in [5, 5.41) is 9.14. The molecular weight excluding hydrogens is 208 g/mol. The van der Waals surface area contributed by atoms with Crippen molar-refractivity contribution in [2.75, 3.05) is 7.05 Å². The first-order valence-electron chi connectivity index (χ1n) is 6.18. The second kappa shape index (κ2) is 5.54. The van der Waals surface area contributed by atoms with Crippen molar-refractivity contribution in [3.05, 3.63) is 47.2 Å². The van der Waals surface area contributed by atoms with Crippen LogP contribution in [0.1, 0.15) is 31.2 Å². The molecule has 2 heteroatoms. The van der Waals surface area contributed by atoms with Crippen molar-refractivity contribution in [3.8, 4) is 6.07 Å². The summed E-state index contributed by atoms with van der Waals surface area (Å²) in [7, 11) is 2.09. The van der Waals surface area contributed by atoms with Gasteiger partial charge in [0.1, 0.15) is 0 Å². The molecular formula is C15H18N2. The molecule has 0 bridgehead atoms. The Balaban J connectivity index is 2.12. The predicted molar refractivity (Wildman–Crippen MR) is 69.0 cm³/mol. The van der Waals surface area contributed by atoms with Gasteiger partial charge in [-0.2, -0.15) is 5.26 Å². The summed E-state index contributed by atoms with van der Waals surface area (Å²) in [4.78, 5) is 2.23. The van der Waals surface area contributed by atoms with Gasteiger partial charge in [-0.15, -0.1) is 0 Å². The molecule has 0 atom stereocenters. The maximum Gasteiger partial charge on any atom is 0.0965 e. The van der Waals surface area contributed by atoms with Gasteiger partial charge < -0.3 is 4.90 Å². The van der Waals surface area contributed by atoms with Gasteiger partial charge in [-0.1, -0.05) is 30.3 Å². The molecule has 1 aliphatic carbocycles. The molecule has 2 rings (SSSR count). The third-order valence-corrected chi connectivity index (χ3v) is 3.30. The molecule has 0 fully saturated rings. The Labute approximate surface area is 103 Å². The minimum Gasteiger partial charge on any atom is -0.373 e. The highest BCUT2D eigenvalue weighted by atomic mass is 15.1. The van der Waals surface area contributed by atoms with Gasteiger partial charge in [0.2, 0.25) is 0 Å². The minimum absolute atomic E-state index is 0.890. The van der Waals surface area contributed by atoms with Crippen LogP contribution in [0.2, 0.25) is 0 Å². The first-order valence-corrected chi connectivity index (χ1v) is 6.18. The summed E-state index contributed by atoms with van der Waals surface area (Å²) >= 11 is 0. The number of allylic oxidation sites excluding steroid dienone is 2. The maximum atomic E-state index is 9.14. The van der Waals surface area contributed by atoms with Crippen LogP contribution in [0.15, 0.2) is 41.6 Å². The highest BCUT2D eigenvalue weighted by molar-refractivity contribution is 5.29. The van der Waals surface area contributed by atoms with Crippen LogP contribution < -0.4 is 0 Å². The van der Waals surface area contributed by atoms with E-state index in [9.17, 15) is 0 Å². The topological polar surface area (TPSA) is 27.0 Å². The van der Waals surface area contributed by atoms with Crippen LogP contribution in [0.3, 0.4) is 0 Å². The van der Waals surface area contributed by atoms with E-state index >= 15 is 0 Å². The molecule has 0 unspecified atom stereocenters. The monoisotopic (exact) mass is 226 g/mol. The van der Waals surface area contributed by atoms with E-state index in [0.717, 1.165) is 31.4 Å². The molecule has 0 N–H and O–H groups in total. The number of rotatable bonds is 3. The maximum absolute atomic E-state index is 9.14. The molecule has 88 valence electrons. The lowest BCUT2D eigenvalue weighted by Crippen LogP contribution is -2.20. The molecule has 1 aliphatic rings. The van der Waals surface area contributed by atoms with Crippen LogP contribution in [0.25, 0.3) is 0 Å². The molecule has 0 aromatic heterocycles. The Morgan fingerprint density at radius 3 is 2.59 bits per heavy atom. The number of nitrogens with zero attached hydrogens (tertiary/aromatic N) is 2. The lowest BCUT2D eigenvalue weighted by Gasteiger charge is -2.27. The predicted octanol–water partition coefficient (Wildman–Crippen LogP) is 3.47. The van der Waals surface area contributed by atoms with Crippen LogP contribution in [0.5, 0.6) is 0 Å². The second-order valence-corrected chi connectivity index (χ2v) is 4.59. The number of nitriles is 1. The van der Waals surface area contributed by atoms with Crippen molar-refractivity contribution in [2.45, 2.75) is 32.2 Å². The Hall–Kier alpha value is -1.75. The summed E-state index contributed by atoms with van der Waals surface area (Å²) in [5.74, 6) is 0. The average molecular weight is 226 g/mol.